The quantitative estimate of drug-likeness (QED) is 0.267. The topological polar surface area (TPSA) is 65.5 Å². The third kappa shape index (κ3) is 8.72. The first-order valence-corrected chi connectivity index (χ1v) is 10.6. The van der Waals surface area contributed by atoms with Crippen molar-refractivity contribution in [2.45, 2.75) is 96.6 Å². The first-order valence-electron chi connectivity index (χ1n) is 10.6. The minimum absolute atomic E-state index is 0.0895. The fraction of sp³-hybridized carbons (Fsp3) is 0.810. The fourth-order valence-electron chi connectivity index (χ4n) is 3.90. The molecule has 2 aliphatic rings. The van der Waals surface area contributed by atoms with Gasteiger partial charge in [0.2, 0.25) is 0 Å². The number of aliphatic imine (C=N–C) groups is 1. The van der Waals surface area contributed by atoms with Crippen molar-refractivity contribution in [3.8, 4) is 0 Å². The minimum Gasteiger partial charge on any atom is -0.388 e. The van der Waals surface area contributed by atoms with Gasteiger partial charge in [-0.1, -0.05) is 38.5 Å². The van der Waals surface area contributed by atoms with E-state index in [1.165, 1.54) is 64.2 Å². The Hall–Kier alpha value is -1.52. The number of guanidine groups is 1. The Bertz CT molecular complexity index is 474. The third-order valence-corrected chi connectivity index (χ3v) is 5.30. The van der Waals surface area contributed by atoms with Crippen LogP contribution in [0.2, 0.25) is 0 Å². The second-order valence-corrected chi connectivity index (χ2v) is 7.89. The van der Waals surface area contributed by atoms with Crippen LogP contribution < -0.4 is 16.0 Å². The van der Waals surface area contributed by atoms with E-state index in [9.17, 15) is 4.79 Å². The highest BCUT2D eigenvalue weighted by Crippen LogP contribution is 2.21. The van der Waals surface area contributed by atoms with Crippen LogP contribution in [0, 0.1) is 0 Å². The van der Waals surface area contributed by atoms with Crippen molar-refractivity contribution in [3.05, 3.63) is 11.8 Å². The van der Waals surface area contributed by atoms with Crippen LogP contribution in [0.1, 0.15) is 84.5 Å². The first kappa shape index (κ1) is 20.8. The summed E-state index contributed by atoms with van der Waals surface area (Å²) in [6.07, 6.45) is 15.7. The summed E-state index contributed by atoms with van der Waals surface area (Å²) in [6.45, 7) is 5.28. The van der Waals surface area contributed by atoms with Crippen molar-refractivity contribution in [1.29, 1.82) is 0 Å². The number of rotatable bonds is 8. The Morgan fingerprint density at radius 2 is 1.54 bits per heavy atom. The maximum Gasteiger partial charge on any atom is 0.191 e. The molecular weight excluding hydrogens is 324 g/mol. The van der Waals surface area contributed by atoms with Crippen molar-refractivity contribution in [3.63, 3.8) is 0 Å². The maximum absolute atomic E-state index is 11.1. The lowest BCUT2D eigenvalue weighted by atomic mass is 9.95. The Kier molecular flexibility index (Phi) is 9.57. The highest BCUT2D eigenvalue weighted by molar-refractivity contribution is 5.87. The van der Waals surface area contributed by atoms with Crippen LogP contribution in [0.3, 0.4) is 0 Å². The van der Waals surface area contributed by atoms with Gasteiger partial charge in [-0.2, -0.15) is 0 Å². The molecule has 0 aromatic heterocycles. The summed E-state index contributed by atoms with van der Waals surface area (Å²) >= 11 is 0. The lowest BCUT2D eigenvalue weighted by molar-refractivity contribution is -0.112. The SMILES string of the molecule is CC(=O)/C=C(/C)NCCCN/C(=N\C1CCCCC1)NC1CCCCC1. The molecule has 2 aliphatic carbocycles. The van der Waals surface area contributed by atoms with Crippen LogP contribution in [0.25, 0.3) is 0 Å². The van der Waals surface area contributed by atoms with Gasteiger partial charge in [-0.3, -0.25) is 4.79 Å². The standard InChI is InChI=1S/C21H38N4O/c1-17(16-18(2)26)22-14-9-15-23-21(24-19-10-5-3-6-11-19)25-20-12-7-4-8-13-20/h16,19-20,22H,3-15H2,1-2H3,(H2,23,24,25)/b17-16-. The van der Waals surface area contributed by atoms with Crippen LogP contribution in [0.5, 0.6) is 0 Å². The lowest BCUT2D eigenvalue weighted by Gasteiger charge is -2.27. The van der Waals surface area contributed by atoms with Gasteiger partial charge in [0.05, 0.1) is 6.04 Å². The van der Waals surface area contributed by atoms with Crippen molar-refractivity contribution < 1.29 is 4.79 Å². The number of nitrogens with zero attached hydrogens (tertiary/aromatic N) is 1. The average molecular weight is 363 g/mol. The zero-order chi connectivity index (χ0) is 18.6. The molecule has 5 nitrogen and oxygen atoms in total. The van der Waals surface area contributed by atoms with Crippen molar-refractivity contribution in [2.24, 2.45) is 4.99 Å². The molecule has 2 fully saturated rings. The van der Waals surface area contributed by atoms with Crippen LogP contribution in [-0.2, 0) is 4.79 Å². The normalized spacial score (nSPS) is 20.7. The highest BCUT2D eigenvalue weighted by atomic mass is 16.1. The molecule has 0 unspecified atom stereocenters. The average Bonchev–Trinajstić information content (AvgIpc) is 2.62. The smallest absolute Gasteiger partial charge is 0.191 e. The van der Waals surface area contributed by atoms with Gasteiger partial charge in [0.1, 0.15) is 0 Å². The number of carbonyl (C=O) groups excluding carboxylic acids is 1. The minimum atomic E-state index is 0.0895. The molecule has 5 heteroatoms. The summed E-state index contributed by atoms with van der Waals surface area (Å²) in [5, 5.41) is 10.5. The molecule has 0 aliphatic heterocycles. The Balaban J connectivity index is 1.77. The fourth-order valence-corrected chi connectivity index (χ4v) is 3.90. The van der Waals surface area contributed by atoms with Crippen molar-refractivity contribution >= 4 is 11.7 Å². The molecule has 0 saturated heterocycles. The summed E-state index contributed by atoms with van der Waals surface area (Å²) in [6, 6.07) is 1.07. The number of ketones is 1. The molecule has 0 bridgehead atoms. The summed E-state index contributed by atoms with van der Waals surface area (Å²) in [5.74, 6) is 1.10. The molecule has 3 N–H and O–H groups in total. The number of hydrogen-bond donors (Lipinski definition) is 3. The van der Waals surface area contributed by atoms with Gasteiger partial charge in [-0.05, 0) is 52.0 Å². The molecule has 2 saturated carbocycles. The second-order valence-electron chi connectivity index (χ2n) is 7.89. The van der Waals surface area contributed by atoms with Crippen LogP contribution in [-0.4, -0.2) is 36.9 Å². The highest BCUT2D eigenvalue weighted by Gasteiger charge is 2.17. The summed E-state index contributed by atoms with van der Waals surface area (Å²) < 4.78 is 0. The molecule has 0 aromatic rings. The zero-order valence-corrected chi connectivity index (χ0v) is 16.8. The summed E-state index contributed by atoms with van der Waals surface area (Å²) in [4.78, 5) is 16.1. The van der Waals surface area contributed by atoms with E-state index in [2.05, 4.69) is 16.0 Å². The molecule has 26 heavy (non-hydrogen) atoms. The first-order chi connectivity index (χ1) is 12.6. The zero-order valence-electron chi connectivity index (χ0n) is 16.8. The van der Waals surface area contributed by atoms with E-state index < -0.39 is 0 Å². The van der Waals surface area contributed by atoms with E-state index in [4.69, 9.17) is 4.99 Å². The van der Waals surface area contributed by atoms with Gasteiger partial charge in [-0.25, -0.2) is 4.99 Å². The molecule has 0 amide bonds. The van der Waals surface area contributed by atoms with Gasteiger partial charge in [0, 0.05) is 24.8 Å². The van der Waals surface area contributed by atoms with Gasteiger partial charge in [0.15, 0.2) is 11.7 Å². The lowest BCUT2D eigenvalue weighted by Crippen LogP contribution is -2.45. The third-order valence-electron chi connectivity index (χ3n) is 5.30. The van der Waals surface area contributed by atoms with E-state index in [1.54, 1.807) is 13.0 Å². The van der Waals surface area contributed by atoms with Crippen molar-refractivity contribution in [2.75, 3.05) is 13.1 Å². The monoisotopic (exact) mass is 362 g/mol. The maximum atomic E-state index is 11.1. The largest absolute Gasteiger partial charge is 0.388 e. The molecule has 148 valence electrons. The van der Waals surface area contributed by atoms with Crippen LogP contribution >= 0.6 is 0 Å². The Morgan fingerprint density at radius 1 is 0.923 bits per heavy atom. The van der Waals surface area contributed by atoms with E-state index in [-0.39, 0.29) is 5.78 Å². The molecule has 2 rings (SSSR count). The number of carbonyl (C=O) groups is 1. The number of allylic oxidation sites excluding steroid dienone is 2. The predicted octanol–water partition coefficient (Wildman–Crippen LogP) is 3.66. The molecule has 0 aromatic carbocycles. The Morgan fingerprint density at radius 3 is 2.19 bits per heavy atom. The van der Waals surface area contributed by atoms with E-state index >= 15 is 0 Å². The van der Waals surface area contributed by atoms with Gasteiger partial charge >= 0.3 is 0 Å². The summed E-state index contributed by atoms with van der Waals surface area (Å²) in [5.41, 5.74) is 0.939. The van der Waals surface area contributed by atoms with Crippen molar-refractivity contribution in [1.82, 2.24) is 16.0 Å². The van der Waals surface area contributed by atoms with E-state index in [1.807, 2.05) is 6.92 Å². The molecule has 0 atom stereocenters. The van der Waals surface area contributed by atoms with Gasteiger partial charge < -0.3 is 16.0 Å². The number of hydrogen-bond acceptors (Lipinski definition) is 3. The predicted molar refractivity (Wildman–Crippen MR) is 109 cm³/mol. The van der Waals surface area contributed by atoms with Gasteiger partial charge in [0.25, 0.3) is 0 Å². The van der Waals surface area contributed by atoms with Crippen LogP contribution in [0.15, 0.2) is 16.8 Å². The van der Waals surface area contributed by atoms with E-state index in [0.717, 1.165) is 31.2 Å². The molecule has 0 radical (unpaired) electrons. The second kappa shape index (κ2) is 12.0. The Labute approximate surface area is 159 Å². The van der Waals surface area contributed by atoms with E-state index in [0.29, 0.717) is 12.1 Å². The summed E-state index contributed by atoms with van der Waals surface area (Å²) in [7, 11) is 0. The number of nitrogens with one attached hydrogen (secondary N) is 3. The van der Waals surface area contributed by atoms with Crippen LogP contribution in [0.4, 0.5) is 0 Å². The molecular formula is C21H38N4O. The molecule has 0 spiro atoms. The van der Waals surface area contributed by atoms with Gasteiger partial charge in [-0.15, -0.1) is 0 Å². The molecule has 0 heterocycles.